The molecular formula is C40H44O9. The van der Waals surface area contributed by atoms with Crippen LogP contribution in [-0.4, -0.2) is 42.6 Å². The van der Waals surface area contributed by atoms with Crippen molar-refractivity contribution >= 4 is 28.0 Å². The summed E-state index contributed by atoms with van der Waals surface area (Å²) in [5.74, 6) is 0.681. The van der Waals surface area contributed by atoms with Crippen molar-refractivity contribution in [2.45, 2.75) is 96.6 Å². The Morgan fingerprint density at radius 3 is 2.24 bits per heavy atom. The van der Waals surface area contributed by atoms with Crippen LogP contribution in [-0.2, 0) is 14.2 Å². The number of benzene rings is 2. The number of allylic oxidation sites excluding steroid dienone is 2. The topological polar surface area (TPSA) is 102 Å². The summed E-state index contributed by atoms with van der Waals surface area (Å²) in [6.45, 7) is 13.4. The molecule has 3 aliphatic heterocycles. The van der Waals surface area contributed by atoms with Crippen molar-refractivity contribution in [3.05, 3.63) is 94.1 Å². The van der Waals surface area contributed by atoms with Gasteiger partial charge in [0.2, 0.25) is 0 Å². The van der Waals surface area contributed by atoms with Gasteiger partial charge in [0.25, 0.3) is 0 Å². The highest BCUT2D eigenvalue weighted by Crippen LogP contribution is 2.45. The van der Waals surface area contributed by atoms with Crippen LogP contribution < -0.4 is 19.8 Å². The zero-order valence-corrected chi connectivity index (χ0v) is 29.0. The summed E-state index contributed by atoms with van der Waals surface area (Å²) in [6, 6.07) is 12.5. The highest BCUT2D eigenvalue weighted by Gasteiger charge is 2.54. The van der Waals surface area contributed by atoms with E-state index in [1.165, 1.54) is 11.6 Å². The molecule has 7 rings (SSSR count). The molecule has 3 atom stereocenters. The smallest absolute Gasteiger partial charge is 0.350 e. The first-order valence-corrected chi connectivity index (χ1v) is 17.0. The molecule has 0 N–H and O–H groups in total. The molecule has 2 fully saturated rings. The van der Waals surface area contributed by atoms with Gasteiger partial charge >= 0.3 is 11.6 Å². The third-order valence-corrected chi connectivity index (χ3v) is 9.61. The van der Waals surface area contributed by atoms with Crippen molar-refractivity contribution in [1.82, 2.24) is 0 Å². The summed E-state index contributed by atoms with van der Waals surface area (Å²) in [4.78, 5) is 11.8. The Balaban J connectivity index is 0.939. The number of hydrogen-bond donors (Lipinski definition) is 0. The lowest BCUT2D eigenvalue weighted by Crippen LogP contribution is -2.38. The van der Waals surface area contributed by atoms with E-state index in [2.05, 4.69) is 39.8 Å². The maximum atomic E-state index is 11.8. The SMILES string of the molecule is C/C(=C\COc1ccc2c(c1)O[C@@]1(C=C2)OC(CC/C(C)=C/COc2c3ccoc3cc3oc(=O)ccc23)C(C)(C)O1)CCC1OC1(C)C. The number of hydrogen-bond acceptors (Lipinski definition) is 9. The first-order chi connectivity index (χ1) is 23.4. The molecule has 3 aliphatic rings. The monoisotopic (exact) mass is 668 g/mol. The molecular weight excluding hydrogens is 624 g/mol. The van der Waals surface area contributed by atoms with Gasteiger partial charge in [0.1, 0.15) is 41.6 Å². The summed E-state index contributed by atoms with van der Waals surface area (Å²) < 4.78 is 48.2. The Hall–Kier alpha value is -4.31. The van der Waals surface area contributed by atoms with Crippen molar-refractivity contribution in [2.75, 3.05) is 13.2 Å². The molecule has 49 heavy (non-hydrogen) atoms. The lowest BCUT2D eigenvalue weighted by molar-refractivity contribution is -0.270. The van der Waals surface area contributed by atoms with Crippen LogP contribution in [0.3, 0.4) is 0 Å². The normalized spacial score (nSPS) is 24.0. The Labute approximate surface area is 286 Å². The number of ether oxygens (including phenoxy) is 6. The third-order valence-electron chi connectivity index (χ3n) is 9.61. The summed E-state index contributed by atoms with van der Waals surface area (Å²) in [6.07, 6.45) is 13.3. The molecule has 0 amide bonds. The minimum absolute atomic E-state index is 0.0251. The van der Waals surface area contributed by atoms with Gasteiger partial charge in [0.15, 0.2) is 0 Å². The lowest BCUT2D eigenvalue weighted by atomic mass is 9.96. The molecule has 258 valence electrons. The second kappa shape index (κ2) is 12.9. The van der Waals surface area contributed by atoms with Crippen LogP contribution >= 0.6 is 0 Å². The van der Waals surface area contributed by atoms with Gasteiger partial charge in [0.05, 0.1) is 40.4 Å². The van der Waals surface area contributed by atoms with Gasteiger partial charge in [-0.2, -0.15) is 0 Å². The van der Waals surface area contributed by atoms with E-state index in [1.54, 1.807) is 18.4 Å². The van der Waals surface area contributed by atoms with Gasteiger partial charge in [-0.15, -0.1) is 0 Å². The van der Waals surface area contributed by atoms with Gasteiger partial charge in [-0.25, -0.2) is 4.79 Å². The largest absolute Gasteiger partial charge is 0.489 e. The molecule has 0 bridgehead atoms. The minimum atomic E-state index is -1.31. The average molecular weight is 669 g/mol. The van der Waals surface area contributed by atoms with Crippen LogP contribution in [0, 0.1) is 0 Å². The first-order valence-electron chi connectivity index (χ1n) is 17.0. The molecule has 1 spiro atoms. The van der Waals surface area contributed by atoms with E-state index in [-0.39, 0.29) is 11.7 Å². The van der Waals surface area contributed by atoms with E-state index in [1.807, 2.05) is 50.3 Å². The van der Waals surface area contributed by atoms with E-state index >= 15 is 0 Å². The molecule has 0 radical (unpaired) electrons. The summed E-state index contributed by atoms with van der Waals surface area (Å²) in [7, 11) is 0. The highest BCUT2D eigenvalue weighted by atomic mass is 16.9. The molecule has 0 saturated carbocycles. The quantitative estimate of drug-likeness (QED) is 0.0832. The van der Waals surface area contributed by atoms with Gasteiger partial charge in [-0.05, 0) is 110 Å². The van der Waals surface area contributed by atoms with Gasteiger partial charge in [0, 0.05) is 29.8 Å². The Morgan fingerprint density at radius 2 is 1.51 bits per heavy atom. The zero-order chi connectivity index (χ0) is 34.4. The Morgan fingerprint density at radius 1 is 0.816 bits per heavy atom. The van der Waals surface area contributed by atoms with Crippen LogP contribution in [0.25, 0.3) is 28.0 Å². The maximum absolute atomic E-state index is 11.8. The average Bonchev–Trinajstić information content (AvgIpc) is 3.31. The van der Waals surface area contributed by atoms with Crippen molar-refractivity contribution in [1.29, 1.82) is 0 Å². The number of fused-ring (bicyclic) bond motifs is 3. The standard InChI is InChI=1S/C40H44O9/c1-25(7-12-34-38(3,4)47-34)16-20-42-28-10-9-27-15-19-40(46-31(27)23-28)48-35(39(5,6)49-40)13-8-26(2)17-21-44-37-29-11-14-36(41)45-33(29)24-32-30(37)18-22-43-32/h9-11,14-19,22-24,34-35H,7-8,12-13,20-21H2,1-6H3/b25-16+,26-17+/t34?,35?,40-/m0/s1. The number of furan rings is 1. The van der Waals surface area contributed by atoms with Crippen LogP contribution in [0.15, 0.2) is 91.7 Å². The fourth-order valence-corrected chi connectivity index (χ4v) is 6.50. The molecule has 4 aromatic rings. The fourth-order valence-electron chi connectivity index (χ4n) is 6.50. The van der Waals surface area contributed by atoms with Gasteiger partial charge in [-0.1, -0.05) is 11.1 Å². The molecule has 0 aliphatic carbocycles. The van der Waals surface area contributed by atoms with E-state index in [4.69, 9.17) is 37.3 Å². The van der Waals surface area contributed by atoms with Crippen LogP contribution in [0.2, 0.25) is 0 Å². The maximum Gasteiger partial charge on any atom is 0.350 e. The van der Waals surface area contributed by atoms with Gasteiger partial charge in [-0.3, -0.25) is 0 Å². The summed E-state index contributed by atoms with van der Waals surface area (Å²) >= 11 is 0. The summed E-state index contributed by atoms with van der Waals surface area (Å²) in [5, 5.41) is 1.54. The van der Waals surface area contributed by atoms with Crippen LogP contribution in [0.5, 0.6) is 17.2 Å². The highest BCUT2D eigenvalue weighted by molar-refractivity contribution is 6.01. The molecule has 9 heteroatoms. The third kappa shape index (κ3) is 7.20. The summed E-state index contributed by atoms with van der Waals surface area (Å²) in [5.41, 5.74) is 3.41. The second-order valence-electron chi connectivity index (χ2n) is 14.3. The predicted octanol–water partition coefficient (Wildman–Crippen LogP) is 8.88. The van der Waals surface area contributed by atoms with Crippen molar-refractivity contribution in [3.8, 4) is 17.2 Å². The van der Waals surface area contributed by atoms with E-state index < -0.39 is 17.2 Å². The van der Waals surface area contributed by atoms with E-state index in [0.717, 1.165) is 53.3 Å². The van der Waals surface area contributed by atoms with Crippen molar-refractivity contribution in [3.63, 3.8) is 0 Å². The lowest BCUT2D eigenvalue weighted by Gasteiger charge is -2.30. The minimum Gasteiger partial charge on any atom is -0.489 e. The van der Waals surface area contributed by atoms with Crippen LogP contribution in [0.4, 0.5) is 0 Å². The molecule has 2 saturated heterocycles. The molecule has 9 nitrogen and oxygen atoms in total. The van der Waals surface area contributed by atoms with E-state index in [0.29, 0.717) is 42.0 Å². The molecule has 2 unspecified atom stereocenters. The Bertz CT molecular complexity index is 2010. The zero-order valence-electron chi connectivity index (χ0n) is 29.0. The molecule has 5 heterocycles. The molecule has 2 aromatic heterocycles. The van der Waals surface area contributed by atoms with Crippen molar-refractivity contribution < 1.29 is 37.3 Å². The predicted molar refractivity (Wildman–Crippen MR) is 187 cm³/mol. The molecule has 2 aromatic carbocycles. The van der Waals surface area contributed by atoms with Crippen molar-refractivity contribution in [2.24, 2.45) is 0 Å². The fraction of sp³-hybridized carbons (Fsp3) is 0.425. The number of rotatable bonds is 12. The second-order valence-corrected chi connectivity index (χ2v) is 14.3. The van der Waals surface area contributed by atoms with Gasteiger partial charge < -0.3 is 37.3 Å². The first kappa shape index (κ1) is 33.2. The van der Waals surface area contributed by atoms with Crippen LogP contribution in [0.1, 0.15) is 72.8 Å². The number of epoxide rings is 1. The Kier molecular flexibility index (Phi) is 8.71. The van der Waals surface area contributed by atoms with E-state index in [9.17, 15) is 4.79 Å².